The zero-order chi connectivity index (χ0) is 12.2. The molecule has 1 rings (SSSR count). The third-order valence-corrected chi connectivity index (χ3v) is 2.53. The molecule has 0 aromatic carbocycles. The Labute approximate surface area is 97.8 Å². The van der Waals surface area contributed by atoms with E-state index in [1.165, 1.54) is 5.56 Å². The van der Waals surface area contributed by atoms with E-state index in [9.17, 15) is 0 Å². The molecule has 0 aliphatic carbocycles. The van der Waals surface area contributed by atoms with Crippen LogP contribution in [0.5, 0.6) is 0 Å². The summed E-state index contributed by atoms with van der Waals surface area (Å²) < 4.78 is 0. The Morgan fingerprint density at radius 1 is 1.44 bits per heavy atom. The van der Waals surface area contributed by atoms with E-state index < -0.39 is 0 Å². The molecule has 3 heteroatoms. The molecule has 0 aliphatic heterocycles. The molecule has 1 aromatic heterocycles. The first-order valence-electron chi connectivity index (χ1n) is 5.68. The second-order valence-electron chi connectivity index (χ2n) is 4.91. The third-order valence-electron chi connectivity index (χ3n) is 2.53. The summed E-state index contributed by atoms with van der Waals surface area (Å²) in [5, 5.41) is 0. The topological polar surface area (TPSA) is 51.3 Å². The summed E-state index contributed by atoms with van der Waals surface area (Å²) in [6, 6.07) is 4.05. The van der Waals surface area contributed by atoms with Crippen molar-refractivity contribution in [2.45, 2.75) is 40.7 Å². The van der Waals surface area contributed by atoms with Crippen LogP contribution in [0.2, 0.25) is 0 Å². The van der Waals surface area contributed by atoms with Crippen LogP contribution in [0.3, 0.4) is 0 Å². The summed E-state index contributed by atoms with van der Waals surface area (Å²) in [5.41, 5.74) is 8.11. The Bertz CT molecular complexity index is 375. The summed E-state index contributed by atoms with van der Waals surface area (Å²) in [6.45, 7) is 8.88. The number of nitrogens with two attached hydrogens (primary N) is 1. The SMILES string of the molecule is CCc1cccnc1CN=C(N)C(C)(C)C. The highest BCUT2D eigenvalue weighted by Crippen LogP contribution is 2.14. The second-order valence-corrected chi connectivity index (χ2v) is 4.91. The molecule has 0 atom stereocenters. The van der Waals surface area contributed by atoms with Crippen LogP contribution >= 0.6 is 0 Å². The highest BCUT2D eigenvalue weighted by atomic mass is 14.9. The predicted octanol–water partition coefficient (Wildman–Crippen LogP) is 2.55. The highest BCUT2D eigenvalue weighted by Gasteiger charge is 2.15. The molecule has 0 fully saturated rings. The van der Waals surface area contributed by atoms with E-state index in [4.69, 9.17) is 5.73 Å². The Hall–Kier alpha value is -1.38. The maximum absolute atomic E-state index is 5.91. The van der Waals surface area contributed by atoms with Gasteiger partial charge in [0.2, 0.25) is 0 Å². The Morgan fingerprint density at radius 2 is 2.12 bits per heavy atom. The lowest BCUT2D eigenvalue weighted by Crippen LogP contribution is -2.29. The van der Waals surface area contributed by atoms with Crippen LogP contribution in [0.15, 0.2) is 23.3 Å². The fraction of sp³-hybridized carbons (Fsp3) is 0.538. The van der Waals surface area contributed by atoms with Gasteiger partial charge < -0.3 is 5.73 Å². The number of aromatic nitrogens is 1. The van der Waals surface area contributed by atoms with E-state index in [-0.39, 0.29) is 5.41 Å². The molecule has 1 heterocycles. The van der Waals surface area contributed by atoms with E-state index in [0.29, 0.717) is 12.4 Å². The quantitative estimate of drug-likeness (QED) is 0.627. The largest absolute Gasteiger partial charge is 0.387 e. The van der Waals surface area contributed by atoms with Gasteiger partial charge in [-0.1, -0.05) is 33.8 Å². The van der Waals surface area contributed by atoms with Crippen LogP contribution in [0.1, 0.15) is 39.0 Å². The molecular formula is C13H21N3. The van der Waals surface area contributed by atoms with E-state index in [1.54, 1.807) is 6.20 Å². The molecule has 0 unspecified atom stereocenters. The lowest BCUT2D eigenvalue weighted by molar-refractivity contribution is 0.580. The van der Waals surface area contributed by atoms with Crippen molar-refractivity contribution in [1.82, 2.24) is 4.98 Å². The zero-order valence-corrected chi connectivity index (χ0v) is 10.6. The number of hydrogen-bond acceptors (Lipinski definition) is 2. The molecule has 16 heavy (non-hydrogen) atoms. The summed E-state index contributed by atoms with van der Waals surface area (Å²) >= 11 is 0. The van der Waals surface area contributed by atoms with Crippen molar-refractivity contribution in [3.63, 3.8) is 0 Å². The van der Waals surface area contributed by atoms with Crippen molar-refractivity contribution >= 4 is 5.84 Å². The van der Waals surface area contributed by atoms with Crippen molar-refractivity contribution in [2.75, 3.05) is 0 Å². The van der Waals surface area contributed by atoms with Crippen LogP contribution < -0.4 is 5.73 Å². The molecule has 88 valence electrons. The van der Waals surface area contributed by atoms with E-state index >= 15 is 0 Å². The van der Waals surface area contributed by atoms with Crippen molar-refractivity contribution < 1.29 is 0 Å². The summed E-state index contributed by atoms with van der Waals surface area (Å²) in [5.74, 6) is 0.681. The van der Waals surface area contributed by atoms with Gasteiger partial charge in [0.1, 0.15) is 0 Å². The molecule has 0 saturated carbocycles. The van der Waals surface area contributed by atoms with Gasteiger partial charge >= 0.3 is 0 Å². The number of aliphatic imine (C=N–C) groups is 1. The summed E-state index contributed by atoms with van der Waals surface area (Å²) in [7, 11) is 0. The minimum Gasteiger partial charge on any atom is -0.387 e. The highest BCUT2D eigenvalue weighted by molar-refractivity contribution is 5.85. The van der Waals surface area contributed by atoms with E-state index in [0.717, 1.165) is 12.1 Å². The van der Waals surface area contributed by atoms with Crippen LogP contribution in [0.25, 0.3) is 0 Å². The van der Waals surface area contributed by atoms with Gasteiger partial charge in [-0.15, -0.1) is 0 Å². The van der Waals surface area contributed by atoms with Crippen molar-refractivity contribution in [3.8, 4) is 0 Å². The van der Waals surface area contributed by atoms with Crippen LogP contribution in [0.4, 0.5) is 0 Å². The zero-order valence-electron chi connectivity index (χ0n) is 10.6. The van der Waals surface area contributed by atoms with Gasteiger partial charge in [-0.25, -0.2) is 0 Å². The molecule has 0 saturated heterocycles. The Balaban J connectivity index is 2.82. The standard InChI is InChI=1S/C13H21N3/c1-5-10-7-6-8-15-11(10)9-16-12(14)13(2,3)4/h6-8H,5,9H2,1-4H3,(H2,14,16). The fourth-order valence-electron chi connectivity index (χ4n) is 1.33. The monoisotopic (exact) mass is 219 g/mol. The molecule has 3 nitrogen and oxygen atoms in total. The van der Waals surface area contributed by atoms with E-state index in [2.05, 4.69) is 43.7 Å². The molecule has 0 amide bonds. The molecular weight excluding hydrogens is 198 g/mol. The third kappa shape index (κ3) is 3.33. The lowest BCUT2D eigenvalue weighted by Gasteiger charge is -2.17. The summed E-state index contributed by atoms with van der Waals surface area (Å²) in [4.78, 5) is 8.75. The van der Waals surface area contributed by atoms with Gasteiger partial charge in [0.05, 0.1) is 18.1 Å². The van der Waals surface area contributed by atoms with Crippen molar-refractivity contribution in [1.29, 1.82) is 0 Å². The Morgan fingerprint density at radius 3 is 2.69 bits per heavy atom. The normalized spacial score (nSPS) is 12.9. The number of pyridine rings is 1. The van der Waals surface area contributed by atoms with Gasteiger partial charge in [0, 0.05) is 11.6 Å². The second kappa shape index (κ2) is 5.10. The van der Waals surface area contributed by atoms with Crippen LogP contribution in [-0.4, -0.2) is 10.8 Å². The number of nitrogens with zero attached hydrogens (tertiary/aromatic N) is 2. The van der Waals surface area contributed by atoms with Gasteiger partial charge in [-0.3, -0.25) is 9.98 Å². The summed E-state index contributed by atoms with van der Waals surface area (Å²) in [6.07, 6.45) is 2.78. The van der Waals surface area contributed by atoms with Crippen LogP contribution in [0, 0.1) is 5.41 Å². The smallest absolute Gasteiger partial charge is 0.0996 e. The predicted molar refractivity (Wildman–Crippen MR) is 68.4 cm³/mol. The Kier molecular flexibility index (Phi) is 4.05. The maximum Gasteiger partial charge on any atom is 0.0996 e. The minimum absolute atomic E-state index is 0.0683. The average Bonchev–Trinajstić information content (AvgIpc) is 2.24. The first kappa shape index (κ1) is 12.7. The van der Waals surface area contributed by atoms with Gasteiger partial charge in [-0.05, 0) is 18.1 Å². The van der Waals surface area contributed by atoms with Crippen LogP contribution in [-0.2, 0) is 13.0 Å². The van der Waals surface area contributed by atoms with Gasteiger partial charge in [0.15, 0.2) is 0 Å². The van der Waals surface area contributed by atoms with Gasteiger partial charge in [0.25, 0.3) is 0 Å². The first-order valence-corrected chi connectivity index (χ1v) is 5.68. The molecule has 0 aliphatic rings. The maximum atomic E-state index is 5.91. The number of hydrogen-bond donors (Lipinski definition) is 1. The van der Waals surface area contributed by atoms with E-state index in [1.807, 2.05) is 6.07 Å². The molecule has 1 aromatic rings. The fourth-order valence-corrected chi connectivity index (χ4v) is 1.33. The average molecular weight is 219 g/mol. The molecule has 2 N–H and O–H groups in total. The molecule has 0 radical (unpaired) electrons. The van der Waals surface area contributed by atoms with Crippen molar-refractivity contribution in [2.24, 2.45) is 16.1 Å². The minimum atomic E-state index is -0.0683. The lowest BCUT2D eigenvalue weighted by atomic mass is 9.95. The van der Waals surface area contributed by atoms with Crippen molar-refractivity contribution in [3.05, 3.63) is 29.6 Å². The van der Waals surface area contributed by atoms with Gasteiger partial charge in [-0.2, -0.15) is 0 Å². The first-order chi connectivity index (χ1) is 7.45. The number of rotatable bonds is 3. The number of aryl methyl sites for hydroxylation is 1. The molecule has 0 bridgehead atoms. The molecule has 0 spiro atoms. The number of amidine groups is 1.